The normalized spacial score (nSPS) is 18.1. The van der Waals surface area contributed by atoms with Gasteiger partial charge in [0.25, 0.3) is 5.56 Å². The minimum atomic E-state index is -3.95. The molecule has 21 heteroatoms. The Morgan fingerprint density at radius 1 is 0.863 bits per heavy atom. The molecule has 9 rings (SSSR count). The highest BCUT2D eigenvalue weighted by Crippen LogP contribution is 2.36. The number of nitrogens with one attached hydrogen (secondary N) is 3. The van der Waals surface area contributed by atoms with Crippen LogP contribution in [0.1, 0.15) is 134 Å². The van der Waals surface area contributed by atoms with Crippen LogP contribution in [0.5, 0.6) is 0 Å². The summed E-state index contributed by atoms with van der Waals surface area (Å²) in [7, 11) is -3.95. The number of anilines is 2. The SMILES string of the molecule is Cc1ncsc1-c1ccc([C@H](C)NC(=O)[C@@H]2C[C@@H](O)CN2C(=O)[C@@H](NC(=O)CCCCCCCCCCN2CCN(S(=O)(=O)c3ccc(Nc4nc5ccc(-c6cnn(C7CC7)c6)cn5c(=O)c4C)c(F)c3)CC2)C(C)(C)C)cc1. The van der Waals surface area contributed by atoms with Crippen molar-refractivity contribution in [2.45, 2.75) is 154 Å². The van der Waals surface area contributed by atoms with Gasteiger partial charge in [-0.25, -0.2) is 22.8 Å². The first-order chi connectivity index (χ1) is 38.2. The van der Waals surface area contributed by atoms with Gasteiger partial charge in [0, 0.05) is 69.1 Å². The number of halogens is 1. The Kier molecular flexibility index (Phi) is 18.3. The van der Waals surface area contributed by atoms with Crippen LogP contribution < -0.4 is 21.5 Å². The smallest absolute Gasteiger partial charge is 0.262 e. The molecule has 0 radical (unpaired) electrons. The van der Waals surface area contributed by atoms with Crippen LogP contribution >= 0.6 is 11.3 Å². The molecule has 6 aromatic rings. The molecule has 1 saturated carbocycles. The van der Waals surface area contributed by atoms with Crippen LogP contribution in [0.3, 0.4) is 0 Å². The molecule has 4 atom stereocenters. The van der Waals surface area contributed by atoms with Gasteiger partial charge in [-0.05, 0) is 99.9 Å². The molecule has 6 heterocycles. The number of amides is 3. The second-order valence-electron chi connectivity index (χ2n) is 22.9. The molecule has 0 bridgehead atoms. The molecule has 2 aromatic carbocycles. The van der Waals surface area contributed by atoms with Crippen LogP contribution in [0.4, 0.5) is 15.9 Å². The minimum Gasteiger partial charge on any atom is -0.391 e. The van der Waals surface area contributed by atoms with Gasteiger partial charge in [-0.15, -0.1) is 11.3 Å². The van der Waals surface area contributed by atoms with Crippen LogP contribution in [0.15, 0.2) is 88.4 Å². The lowest BCUT2D eigenvalue weighted by Crippen LogP contribution is -2.57. The van der Waals surface area contributed by atoms with E-state index in [9.17, 15) is 32.7 Å². The number of carbonyl (C=O) groups excluding carboxylic acids is 3. The first-order valence-corrected chi connectivity index (χ1v) is 30.5. The summed E-state index contributed by atoms with van der Waals surface area (Å²) in [6.07, 6.45) is 15.1. The molecule has 428 valence electrons. The van der Waals surface area contributed by atoms with Crippen molar-refractivity contribution in [2.24, 2.45) is 5.41 Å². The standard InChI is InChI=1S/C59H76FN11O7S2/c1-38-55(65-51-25-20-43(34-70(51)57(38)75)44-33-62-71(35-44)45-21-22-45)64-49-24-23-47(32-48(49)60)80(77,78)68-29-27-67(28-30-68)26-14-12-10-8-7-9-11-13-15-52(73)66-54(59(4,5)6)58(76)69-36-46(72)31-50(69)56(74)63-39(2)41-16-18-42(19-17-41)53-40(3)61-37-79-53/h16-20,23-25,32-35,37,39,45-46,50,54,64,72H,7-15,21-22,26-31,36H2,1-6H3,(H,63,74)(H,66,73)/t39-,46+,50-,54+/m0/s1. The number of pyridine rings is 1. The molecule has 80 heavy (non-hydrogen) atoms. The van der Waals surface area contributed by atoms with E-state index in [2.05, 4.69) is 35.9 Å². The highest BCUT2D eigenvalue weighted by atomic mass is 32.2. The lowest BCUT2D eigenvalue weighted by Gasteiger charge is -2.35. The summed E-state index contributed by atoms with van der Waals surface area (Å²) >= 11 is 1.58. The van der Waals surface area contributed by atoms with Gasteiger partial charge in [-0.2, -0.15) is 9.40 Å². The molecule has 3 fully saturated rings. The number of likely N-dealkylation sites (tertiary alicyclic amines) is 1. The number of aliphatic hydroxyl groups excluding tert-OH is 1. The Bertz CT molecular complexity index is 3350. The first kappa shape index (κ1) is 58.3. The Morgan fingerprint density at radius 2 is 1.55 bits per heavy atom. The van der Waals surface area contributed by atoms with Crippen molar-refractivity contribution >= 4 is 56.2 Å². The number of aromatic nitrogens is 5. The summed E-state index contributed by atoms with van der Waals surface area (Å²) in [4.78, 5) is 68.2. The number of hydrogen-bond donors (Lipinski definition) is 4. The third-order valence-electron chi connectivity index (χ3n) is 15.8. The predicted octanol–water partition coefficient (Wildman–Crippen LogP) is 8.70. The van der Waals surface area contributed by atoms with Crippen molar-refractivity contribution in [2.75, 3.05) is 44.6 Å². The zero-order valence-corrected chi connectivity index (χ0v) is 48.4. The molecule has 2 aliphatic heterocycles. The Morgan fingerprint density at radius 3 is 2.21 bits per heavy atom. The second-order valence-corrected chi connectivity index (χ2v) is 25.7. The number of piperazine rings is 1. The predicted molar refractivity (Wildman–Crippen MR) is 308 cm³/mol. The number of benzene rings is 2. The van der Waals surface area contributed by atoms with Crippen LogP contribution in [0, 0.1) is 25.1 Å². The summed E-state index contributed by atoms with van der Waals surface area (Å²) < 4.78 is 47.8. The average molecular weight is 1130 g/mol. The summed E-state index contributed by atoms with van der Waals surface area (Å²) in [6.45, 7) is 13.8. The lowest BCUT2D eigenvalue weighted by molar-refractivity contribution is -0.144. The molecule has 4 N–H and O–H groups in total. The van der Waals surface area contributed by atoms with E-state index in [1.807, 2.05) is 81.3 Å². The molecule has 3 aliphatic rings. The van der Waals surface area contributed by atoms with Crippen molar-refractivity contribution < 1.29 is 32.3 Å². The van der Waals surface area contributed by atoms with Crippen molar-refractivity contribution in [1.82, 2.24) is 48.9 Å². The third kappa shape index (κ3) is 13.8. The topological polar surface area (TPSA) is 216 Å². The number of rotatable bonds is 23. The van der Waals surface area contributed by atoms with Gasteiger partial charge in [0.1, 0.15) is 29.4 Å². The van der Waals surface area contributed by atoms with Crippen LogP contribution in [0.25, 0.3) is 27.2 Å². The Hall–Kier alpha value is -6.39. The summed E-state index contributed by atoms with van der Waals surface area (Å²) in [6, 6.07) is 13.7. The molecule has 0 unspecified atom stereocenters. The average Bonchev–Trinajstić information content (AvgIpc) is 3.80. The molecule has 18 nitrogen and oxygen atoms in total. The maximum absolute atomic E-state index is 15.6. The van der Waals surface area contributed by atoms with E-state index < -0.39 is 39.4 Å². The fourth-order valence-electron chi connectivity index (χ4n) is 10.7. The molecular weight excluding hydrogens is 1060 g/mol. The zero-order valence-electron chi connectivity index (χ0n) is 46.8. The molecular formula is C59H76FN11O7S2. The highest BCUT2D eigenvalue weighted by molar-refractivity contribution is 7.89. The second kappa shape index (κ2) is 25.2. The highest BCUT2D eigenvalue weighted by Gasteiger charge is 2.45. The van der Waals surface area contributed by atoms with Gasteiger partial charge in [0.2, 0.25) is 27.7 Å². The van der Waals surface area contributed by atoms with Crippen molar-refractivity contribution in [3.8, 4) is 21.6 Å². The molecule has 3 amide bonds. The van der Waals surface area contributed by atoms with E-state index in [-0.39, 0.29) is 70.7 Å². The van der Waals surface area contributed by atoms with Crippen LogP contribution in [0.2, 0.25) is 0 Å². The Labute approximate surface area is 472 Å². The number of hydrogen-bond acceptors (Lipinski definition) is 13. The largest absolute Gasteiger partial charge is 0.391 e. The van der Waals surface area contributed by atoms with E-state index in [4.69, 9.17) is 0 Å². The lowest BCUT2D eigenvalue weighted by atomic mass is 9.85. The van der Waals surface area contributed by atoms with E-state index in [1.54, 1.807) is 36.7 Å². The fraction of sp³-hybridized carbons (Fsp3) is 0.508. The maximum Gasteiger partial charge on any atom is 0.262 e. The van der Waals surface area contributed by atoms with E-state index in [0.29, 0.717) is 44.3 Å². The zero-order chi connectivity index (χ0) is 56.9. The van der Waals surface area contributed by atoms with Crippen LogP contribution in [-0.4, -0.2) is 127 Å². The molecule has 1 aliphatic carbocycles. The first-order valence-electron chi connectivity index (χ1n) is 28.2. The van der Waals surface area contributed by atoms with Gasteiger partial charge in [-0.3, -0.25) is 28.3 Å². The van der Waals surface area contributed by atoms with Gasteiger partial charge in [0.05, 0.1) is 56.6 Å². The van der Waals surface area contributed by atoms with E-state index in [0.717, 1.165) is 103 Å². The number of aryl methyl sites for hydroxylation is 1. The third-order valence-corrected chi connectivity index (χ3v) is 18.6. The molecule has 4 aromatic heterocycles. The molecule has 0 spiro atoms. The number of aliphatic hydroxyl groups is 1. The minimum absolute atomic E-state index is 0.00533. The summed E-state index contributed by atoms with van der Waals surface area (Å²) in [5, 5.41) is 24.1. The van der Waals surface area contributed by atoms with E-state index >= 15 is 4.39 Å². The molecule has 2 saturated heterocycles. The van der Waals surface area contributed by atoms with Gasteiger partial charge < -0.3 is 30.9 Å². The maximum atomic E-state index is 15.6. The number of thiazole rings is 1. The number of β-amino-alcohol motifs (C(OH)–C–C–N with tert-alkyl or cyclic N) is 1. The summed E-state index contributed by atoms with van der Waals surface area (Å²) in [5.41, 5.74) is 6.18. The number of unbranched alkanes of at least 4 members (excludes halogenated alkanes) is 7. The Balaban J connectivity index is 0.648. The number of carbonyl (C=O) groups is 3. The number of sulfonamides is 1. The number of fused-ring (bicyclic) bond motifs is 1. The van der Waals surface area contributed by atoms with Crippen molar-refractivity contribution in [1.29, 1.82) is 0 Å². The number of nitrogens with zero attached hydrogens (tertiary/aromatic N) is 8. The fourth-order valence-corrected chi connectivity index (χ4v) is 12.9. The summed E-state index contributed by atoms with van der Waals surface area (Å²) in [5.74, 6) is -1.53. The van der Waals surface area contributed by atoms with Gasteiger partial charge >= 0.3 is 0 Å². The van der Waals surface area contributed by atoms with Crippen molar-refractivity contribution in [3.05, 3.63) is 112 Å². The van der Waals surface area contributed by atoms with Gasteiger partial charge in [0.15, 0.2) is 0 Å². The van der Waals surface area contributed by atoms with Gasteiger partial charge in [-0.1, -0.05) is 83.6 Å². The monoisotopic (exact) mass is 1130 g/mol. The quantitative estimate of drug-likeness (QED) is 0.0443. The van der Waals surface area contributed by atoms with Crippen LogP contribution in [-0.2, 0) is 24.4 Å². The van der Waals surface area contributed by atoms with Crippen molar-refractivity contribution in [3.63, 3.8) is 0 Å². The van der Waals surface area contributed by atoms with E-state index in [1.165, 1.54) is 25.7 Å².